The topological polar surface area (TPSA) is 26.3 Å². The second kappa shape index (κ2) is 4.39. The fraction of sp³-hybridized carbons (Fsp3) is 0.417. The molecule has 1 aliphatic rings. The summed E-state index contributed by atoms with van der Waals surface area (Å²) in [6.45, 7) is 0. The molecule has 0 atom stereocenters. The van der Waals surface area contributed by atoms with Crippen LogP contribution in [0.25, 0.3) is 0 Å². The van der Waals surface area contributed by atoms with E-state index in [0.717, 1.165) is 37.5 Å². The van der Waals surface area contributed by atoms with E-state index in [1.807, 2.05) is 0 Å². The molecule has 0 bridgehead atoms. The normalized spacial score (nSPS) is 16.4. The molecule has 92 valence electrons. The highest BCUT2D eigenvalue weighted by molar-refractivity contribution is 5.79. The van der Waals surface area contributed by atoms with Gasteiger partial charge in [-0.1, -0.05) is 0 Å². The van der Waals surface area contributed by atoms with E-state index in [-0.39, 0.29) is 17.4 Å². The second-order valence-electron chi connectivity index (χ2n) is 4.04. The van der Waals surface area contributed by atoms with Crippen molar-refractivity contribution in [3.63, 3.8) is 0 Å². The van der Waals surface area contributed by atoms with Crippen LogP contribution in [0.5, 0.6) is 5.75 Å². The molecule has 0 radical (unpaired) electrons. The van der Waals surface area contributed by atoms with E-state index in [2.05, 4.69) is 0 Å². The number of alkyl halides is 3. The summed E-state index contributed by atoms with van der Waals surface area (Å²) in [5.41, 5.74) is -0.637. The van der Waals surface area contributed by atoms with Gasteiger partial charge in [-0.15, -0.1) is 0 Å². The van der Waals surface area contributed by atoms with Gasteiger partial charge in [0.05, 0.1) is 17.2 Å². The molecular weight excluding hydrogens is 233 g/mol. The molecule has 2 nitrogen and oxygen atoms in total. The number of hydrogen-bond acceptors (Lipinski definition) is 2. The summed E-state index contributed by atoms with van der Waals surface area (Å²) in [6.07, 6.45) is -1.30. The van der Waals surface area contributed by atoms with Crippen LogP contribution in [0.2, 0.25) is 0 Å². The number of halogens is 3. The number of hydrogen-bond donors (Lipinski definition) is 0. The van der Waals surface area contributed by atoms with Crippen LogP contribution in [0.4, 0.5) is 13.2 Å². The summed E-state index contributed by atoms with van der Waals surface area (Å²) >= 11 is 0. The van der Waals surface area contributed by atoms with Gasteiger partial charge in [-0.3, -0.25) is 4.79 Å². The van der Waals surface area contributed by atoms with Gasteiger partial charge in [-0.2, -0.15) is 13.2 Å². The number of carbonyl (C=O) groups is 1. The van der Waals surface area contributed by atoms with Crippen LogP contribution in [0.1, 0.15) is 35.2 Å². The third-order valence-corrected chi connectivity index (χ3v) is 2.81. The molecule has 1 aromatic rings. The third-order valence-electron chi connectivity index (χ3n) is 2.81. The molecule has 0 aliphatic heterocycles. The van der Waals surface area contributed by atoms with Gasteiger partial charge in [0.1, 0.15) is 5.75 Å². The van der Waals surface area contributed by atoms with E-state index in [1.54, 1.807) is 0 Å². The summed E-state index contributed by atoms with van der Waals surface area (Å²) in [7, 11) is 0. The van der Waals surface area contributed by atoms with E-state index >= 15 is 0 Å². The minimum absolute atomic E-state index is 0.0273. The summed E-state index contributed by atoms with van der Waals surface area (Å²) in [4.78, 5) is 10.7. The minimum atomic E-state index is -4.42. The Morgan fingerprint density at radius 1 is 1.29 bits per heavy atom. The van der Waals surface area contributed by atoms with Gasteiger partial charge >= 0.3 is 6.18 Å². The summed E-state index contributed by atoms with van der Waals surface area (Å²) in [6, 6.07) is 2.92. The molecule has 0 aromatic heterocycles. The van der Waals surface area contributed by atoms with Crippen molar-refractivity contribution in [2.45, 2.75) is 31.5 Å². The summed E-state index contributed by atoms with van der Waals surface area (Å²) in [5.74, 6) is 0.0273. The molecule has 0 amide bonds. The Kier molecular flexibility index (Phi) is 3.09. The summed E-state index contributed by atoms with van der Waals surface area (Å²) in [5, 5.41) is 0. The van der Waals surface area contributed by atoms with Crippen molar-refractivity contribution in [3.05, 3.63) is 29.3 Å². The van der Waals surface area contributed by atoms with Gasteiger partial charge in [0.2, 0.25) is 0 Å². The molecule has 1 aliphatic carbocycles. The minimum Gasteiger partial charge on any atom is -0.490 e. The van der Waals surface area contributed by atoms with E-state index in [1.165, 1.54) is 0 Å². The largest absolute Gasteiger partial charge is 0.490 e. The fourth-order valence-corrected chi connectivity index (χ4v) is 1.58. The van der Waals surface area contributed by atoms with Crippen molar-refractivity contribution in [3.8, 4) is 5.75 Å². The van der Waals surface area contributed by atoms with E-state index in [0.29, 0.717) is 6.29 Å². The first-order chi connectivity index (χ1) is 8.00. The molecular formula is C12H11F3O2. The zero-order valence-electron chi connectivity index (χ0n) is 8.96. The van der Waals surface area contributed by atoms with Crippen LogP contribution in [0.15, 0.2) is 18.2 Å². The second-order valence-corrected chi connectivity index (χ2v) is 4.04. The van der Waals surface area contributed by atoms with Gasteiger partial charge in [-0.25, -0.2) is 0 Å². The SMILES string of the molecule is O=Cc1ccc(C(F)(F)F)cc1OC1CCC1. The molecule has 0 N–H and O–H groups in total. The van der Waals surface area contributed by atoms with Crippen molar-refractivity contribution in [1.82, 2.24) is 0 Å². The molecule has 0 unspecified atom stereocenters. The van der Waals surface area contributed by atoms with Crippen LogP contribution < -0.4 is 4.74 Å². The van der Waals surface area contributed by atoms with Crippen molar-refractivity contribution < 1.29 is 22.7 Å². The van der Waals surface area contributed by atoms with Crippen LogP contribution in [0, 0.1) is 0 Å². The zero-order chi connectivity index (χ0) is 12.5. The number of aldehydes is 1. The monoisotopic (exact) mass is 244 g/mol. The number of benzene rings is 1. The van der Waals surface area contributed by atoms with Gasteiger partial charge in [0.15, 0.2) is 6.29 Å². The van der Waals surface area contributed by atoms with Gasteiger partial charge in [0, 0.05) is 0 Å². The lowest BCUT2D eigenvalue weighted by molar-refractivity contribution is -0.137. The maximum Gasteiger partial charge on any atom is 0.416 e. The van der Waals surface area contributed by atoms with E-state index < -0.39 is 11.7 Å². The predicted molar refractivity (Wildman–Crippen MR) is 55.1 cm³/mol. The van der Waals surface area contributed by atoms with Crippen LogP contribution in [-0.4, -0.2) is 12.4 Å². The average Bonchev–Trinajstić information content (AvgIpc) is 2.22. The maximum absolute atomic E-state index is 12.5. The lowest BCUT2D eigenvalue weighted by atomic mass is 9.96. The van der Waals surface area contributed by atoms with Crippen molar-refractivity contribution in [2.24, 2.45) is 0 Å². The molecule has 0 spiro atoms. The Labute approximate surface area is 96.4 Å². The Bertz CT molecular complexity index is 422. The van der Waals surface area contributed by atoms with Crippen molar-refractivity contribution >= 4 is 6.29 Å². The average molecular weight is 244 g/mol. The van der Waals surface area contributed by atoms with Crippen molar-refractivity contribution in [2.75, 3.05) is 0 Å². The first kappa shape index (κ1) is 12.0. The number of rotatable bonds is 3. The Hall–Kier alpha value is -1.52. The molecule has 1 aromatic carbocycles. The van der Waals surface area contributed by atoms with Gasteiger partial charge in [-0.05, 0) is 37.5 Å². The Morgan fingerprint density at radius 2 is 2.00 bits per heavy atom. The molecule has 5 heteroatoms. The van der Waals surface area contributed by atoms with Crippen LogP contribution >= 0.6 is 0 Å². The molecule has 17 heavy (non-hydrogen) atoms. The van der Waals surface area contributed by atoms with Crippen LogP contribution in [-0.2, 0) is 6.18 Å². The predicted octanol–water partition coefficient (Wildman–Crippen LogP) is 3.45. The quantitative estimate of drug-likeness (QED) is 0.761. The van der Waals surface area contributed by atoms with Gasteiger partial charge in [0.25, 0.3) is 0 Å². The number of ether oxygens (including phenoxy) is 1. The van der Waals surface area contributed by atoms with E-state index in [9.17, 15) is 18.0 Å². The van der Waals surface area contributed by atoms with Crippen molar-refractivity contribution in [1.29, 1.82) is 0 Å². The van der Waals surface area contributed by atoms with Crippen LogP contribution in [0.3, 0.4) is 0 Å². The standard InChI is InChI=1S/C12H11F3O2/c13-12(14,15)9-5-4-8(7-16)11(6-9)17-10-2-1-3-10/h4-7,10H,1-3H2. The smallest absolute Gasteiger partial charge is 0.416 e. The number of carbonyl (C=O) groups excluding carboxylic acids is 1. The highest BCUT2D eigenvalue weighted by Crippen LogP contribution is 2.34. The molecule has 1 fully saturated rings. The maximum atomic E-state index is 12.5. The lowest BCUT2D eigenvalue weighted by Gasteiger charge is -2.27. The highest BCUT2D eigenvalue weighted by Gasteiger charge is 2.31. The zero-order valence-corrected chi connectivity index (χ0v) is 8.96. The molecule has 0 saturated heterocycles. The fourth-order valence-electron chi connectivity index (χ4n) is 1.58. The third kappa shape index (κ3) is 2.60. The molecule has 0 heterocycles. The first-order valence-corrected chi connectivity index (χ1v) is 5.34. The van der Waals surface area contributed by atoms with Gasteiger partial charge < -0.3 is 4.74 Å². The Balaban J connectivity index is 2.28. The molecule has 1 saturated carbocycles. The first-order valence-electron chi connectivity index (χ1n) is 5.34. The lowest BCUT2D eigenvalue weighted by Crippen LogP contribution is -2.25. The van der Waals surface area contributed by atoms with E-state index in [4.69, 9.17) is 4.74 Å². The molecule has 2 rings (SSSR count). The highest BCUT2D eigenvalue weighted by atomic mass is 19.4. The Morgan fingerprint density at radius 3 is 2.47 bits per heavy atom. The summed E-state index contributed by atoms with van der Waals surface area (Å²) < 4.78 is 42.9.